The van der Waals surface area contributed by atoms with E-state index in [1.165, 1.54) is 17.0 Å². The van der Waals surface area contributed by atoms with E-state index in [1.807, 2.05) is 0 Å². The number of H-pyrrole nitrogens is 1. The number of benzene rings is 1. The van der Waals surface area contributed by atoms with Crippen molar-refractivity contribution in [2.45, 2.75) is 18.9 Å². The van der Waals surface area contributed by atoms with Gasteiger partial charge < -0.3 is 10.2 Å². The first kappa shape index (κ1) is 18.6. The van der Waals surface area contributed by atoms with Gasteiger partial charge in [-0.25, -0.2) is 18.3 Å². The number of nitrogens with one attached hydrogen (secondary N) is 2. The van der Waals surface area contributed by atoms with Gasteiger partial charge in [0.15, 0.2) is 17.5 Å². The van der Waals surface area contributed by atoms with Gasteiger partial charge >= 0.3 is 0 Å². The smallest absolute Gasteiger partial charge is 0.274 e. The molecular weight excluding hydrogens is 365 g/mol. The van der Waals surface area contributed by atoms with Gasteiger partial charge in [-0.2, -0.15) is 5.10 Å². The Balaban J connectivity index is 1.59. The number of halogens is 3. The second-order valence-corrected chi connectivity index (χ2v) is 6.07. The predicted molar refractivity (Wildman–Crippen MR) is 87.6 cm³/mol. The van der Waals surface area contributed by atoms with E-state index >= 15 is 0 Å². The molecule has 7 nitrogen and oxygen atoms in total. The monoisotopic (exact) mass is 380 g/mol. The molecule has 0 radical (unpaired) electrons. The molecule has 27 heavy (non-hydrogen) atoms. The van der Waals surface area contributed by atoms with Crippen LogP contribution >= 0.6 is 0 Å². The third-order valence-corrected chi connectivity index (χ3v) is 4.30. The van der Waals surface area contributed by atoms with E-state index in [9.17, 15) is 27.6 Å². The van der Waals surface area contributed by atoms with E-state index in [0.29, 0.717) is 32.0 Å². The van der Waals surface area contributed by atoms with Crippen LogP contribution in [0.25, 0.3) is 0 Å². The molecule has 1 saturated heterocycles. The highest BCUT2D eigenvalue weighted by atomic mass is 19.2. The zero-order chi connectivity index (χ0) is 19.6. The average molecular weight is 380 g/mol. The third kappa shape index (κ3) is 3.99. The minimum atomic E-state index is -1.70. The van der Waals surface area contributed by atoms with Crippen LogP contribution in [0, 0.1) is 17.5 Å². The van der Waals surface area contributed by atoms with Crippen LogP contribution in [-0.4, -0.2) is 46.0 Å². The summed E-state index contributed by atoms with van der Waals surface area (Å²) < 4.78 is 39.9. The highest BCUT2D eigenvalue weighted by Crippen LogP contribution is 2.17. The summed E-state index contributed by atoms with van der Waals surface area (Å²) in [5.41, 5.74) is -0.900. The van der Waals surface area contributed by atoms with Gasteiger partial charge in [0.1, 0.15) is 5.69 Å². The van der Waals surface area contributed by atoms with Gasteiger partial charge in [0.2, 0.25) is 0 Å². The topological polar surface area (TPSA) is 95.2 Å². The number of hydrogen-bond donors (Lipinski definition) is 2. The summed E-state index contributed by atoms with van der Waals surface area (Å²) >= 11 is 0. The molecule has 1 aliphatic heterocycles. The van der Waals surface area contributed by atoms with Gasteiger partial charge in [0.05, 0.1) is 5.56 Å². The van der Waals surface area contributed by atoms with E-state index < -0.39 is 34.5 Å². The summed E-state index contributed by atoms with van der Waals surface area (Å²) in [7, 11) is 0. The normalized spacial score (nSPS) is 14.9. The second kappa shape index (κ2) is 7.60. The Morgan fingerprint density at radius 3 is 2.41 bits per heavy atom. The summed E-state index contributed by atoms with van der Waals surface area (Å²) in [6.45, 7) is 0.621. The Hall–Kier alpha value is -3.17. The number of likely N-dealkylation sites (tertiary alicyclic amines) is 1. The molecule has 1 aliphatic rings. The van der Waals surface area contributed by atoms with Crippen molar-refractivity contribution in [2.75, 3.05) is 13.1 Å². The summed E-state index contributed by atoms with van der Waals surface area (Å²) in [5.74, 6) is -5.81. The van der Waals surface area contributed by atoms with Crippen LogP contribution in [-0.2, 0) is 0 Å². The second-order valence-electron chi connectivity index (χ2n) is 6.07. The number of piperidine rings is 1. The Labute approximate surface area is 151 Å². The number of aromatic nitrogens is 2. The minimum absolute atomic E-state index is 0.0981. The quantitative estimate of drug-likeness (QED) is 0.783. The molecule has 2 aromatic rings. The lowest BCUT2D eigenvalue weighted by Gasteiger charge is -2.32. The van der Waals surface area contributed by atoms with Crippen LogP contribution in [0.4, 0.5) is 13.2 Å². The maximum atomic E-state index is 13.7. The Kier molecular flexibility index (Phi) is 5.24. The van der Waals surface area contributed by atoms with Crippen molar-refractivity contribution in [3.05, 3.63) is 63.3 Å². The summed E-state index contributed by atoms with van der Waals surface area (Å²) in [4.78, 5) is 36.9. The van der Waals surface area contributed by atoms with Crippen LogP contribution in [0.2, 0.25) is 0 Å². The highest BCUT2D eigenvalue weighted by molar-refractivity contribution is 5.95. The molecule has 0 saturated carbocycles. The maximum Gasteiger partial charge on any atom is 0.274 e. The van der Waals surface area contributed by atoms with E-state index in [2.05, 4.69) is 15.5 Å². The number of rotatable bonds is 3. The molecule has 2 N–H and O–H groups in total. The van der Waals surface area contributed by atoms with E-state index in [1.54, 1.807) is 0 Å². The first-order valence-electron chi connectivity index (χ1n) is 8.16. The molecule has 0 atom stereocenters. The molecular formula is C17H15F3N4O3. The molecule has 0 spiro atoms. The molecule has 1 aromatic carbocycles. The number of amides is 2. The molecule has 3 rings (SSSR count). The zero-order valence-corrected chi connectivity index (χ0v) is 14.0. The zero-order valence-electron chi connectivity index (χ0n) is 14.0. The van der Waals surface area contributed by atoms with Gasteiger partial charge in [0.25, 0.3) is 17.4 Å². The van der Waals surface area contributed by atoms with Crippen LogP contribution in [0.15, 0.2) is 29.1 Å². The van der Waals surface area contributed by atoms with Gasteiger partial charge in [-0.3, -0.25) is 14.4 Å². The van der Waals surface area contributed by atoms with Crippen LogP contribution < -0.4 is 10.9 Å². The minimum Gasteiger partial charge on any atom is -0.349 e. The lowest BCUT2D eigenvalue weighted by Crippen LogP contribution is -2.47. The van der Waals surface area contributed by atoms with Crippen molar-refractivity contribution in [3.8, 4) is 0 Å². The molecule has 10 heteroatoms. The van der Waals surface area contributed by atoms with Gasteiger partial charge in [-0.05, 0) is 31.0 Å². The van der Waals surface area contributed by atoms with Crippen molar-refractivity contribution in [1.29, 1.82) is 0 Å². The van der Waals surface area contributed by atoms with Gasteiger partial charge in [-0.1, -0.05) is 0 Å². The Morgan fingerprint density at radius 1 is 1.07 bits per heavy atom. The first-order chi connectivity index (χ1) is 12.9. The van der Waals surface area contributed by atoms with Crippen molar-refractivity contribution in [3.63, 3.8) is 0 Å². The number of hydrogen-bond acceptors (Lipinski definition) is 4. The summed E-state index contributed by atoms with van der Waals surface area (Å²) in [5, 5.41) is 8.42. The molecule has 0 unspecified atom stereocenters. The van der Waals surface area contributed by atoms with E-state index in [-0.39, 0.29) is 17.6 Å². The Bertz CT molecular complexity index is 919. The lowest BCUT2D eigenvalue weighted by molar-refractivity contribution is 0.0691. The fraction of sp³-hybridized carbons (Fsp3) is 0.294. The number of carbonyl (C=O) groups is 2. The van der Waals surface area contributed by atoms with Crippen LogP contribution in [0.1, 0.15) is 33.7 Å². The van der Waals surface area contributed by atoms with E-state index in [4.69, 9.17) is 0 Å². The first-order valence-corrected chi connectivity index (χ1v) is 8.16. The highest BCUT2D eigenvalue weighted by Gasteiger charge is 2.27. The Morgan fingerprint density at radius 2 is 1.78 bits per heavy atom. The average Bonchev–Trinajstić information content (AvgIpc) is 2.67. The number of nitrogens with zero attached hydrogens (tertiary/aromatic N) is 2. The van der Waals surface area contributed by atoms with Gasteiger partial charge in [0, 0.05) is 25.2 Å². The summed E-state index contributed by atoms with van der Waals surface area (Å²) in [6.07, 6.45) is 0.790. The van der Waals surface area contributed by atoms with Crippen LogP contribution in [0.5, 0.6) is 0 Å². The van der Waals surface area contributed by atoms with E-state index in [0.717, 1.165) is 6.07 Å². The largest absolute Gasteiger partial charge is 0.349 e. The van der Waals surface area contributed by atoms with Crippen molar-refractivity contribution in [2.24, 2.45) is 0 Å². The number of carbonyl (C=O) groups excluding carboxylic acids is 2. The standard InChI is InChI=1S/C17H15F3N4O3/c18-11-2-1-10(14(19)15(11)20)16(26)21-9-5-7-24(8-6-9)17(27)12-3-4-13(25)23-22-12/h1-4,9H,5-8H2,(H,21,26)(H,23,25). The SMILES string of the molecule is O=C(NC1CCN(C(=O)c2ccc(=O)[nH]n2)CC1)c1ccc(F)c(F)c1F. The molecule has 0 aliphatic carbocycles. The lowest BCUT2D eigenvalue weighted by atomic mass is 10.0. The molecule has 2 amide bonds. The molecule has 142 valence electrons. The molecule has 1 fully saturated rings. The number of aromatic amines is 1. The van der Waals surface area contributed by atoms with Crippen LogP contribution in [0.3, 0.4) is 0 Å². The molecule has 0 bridgehead atoms. The maximum absolute atomic E-state index is 13.7. The van der Waals surface area contributed by atoms with Gasteiger partial charge in [-0.15, -0.1) is 0 Å². The molecule has 2 heterocycles. The van der Waals surface area contributed by atoms with Crippen molar-refractivity contribution >= 4 is 11.8 Å². The fourth-order valence-corrected chi connectivity index (χ4v) is 2.82. The van der Waals surface area contributed by atoms with Crippen molar-refractivity contribution in [1.82, 2.24) is 20.4 Å². The fourth-order valence-electron chi connectivity index (χ4n) is 2.82. The predicted octanol–water partition coefficient (Wildman–Crippen LogP) is 1.22. The third-order valence-electron chi connectivity index (χ3n) is 4.30. The summed E-state index contributed by atoms with van der Waals surface area (Å²) in [6, 6.07) is 3.73. The van der Waals surface area contributed by atoms with Crippen molar-refractivity contribution < 1.29 is 22.8 Å². The molecule has 1 aromatic heterocycles.